The Morgan fingerprint density at radius 3 is 2.75 bits per heavy atom. The van der Waals surface area contributed by atoms with Crippen molar-refractivity contribution in [1.82, 2.24) is 25.1 Å². The Bertz CT molecular complexity index is 726. The third-order valence-electron chi connectivity index (χ3n) is 4.12. The summed E-state index contributed by atoms with van der Waals surface area (Å²) in [6, 6.07) is 4.12. The molecule has 28 heavy (non-hydrogen) atoms. The van der Waals surface area contributed by atoms with Crippen LogP contribution >= 0.6 is 24.0 Å². The lowest BCUT2D eigenvalue weighted by atomic mass is 10.4. The van der Waals surface area contributed by atoms with Gasteiger partial charge < -0.3 is 24.5 Å². The predicted octanol–water partition coefficient (Wildman–Crippen LogP) is 3.20. The van der Waals surface area contributed by atoms with Crippen LogP contribution in [0.15, 0.2) is 22.7 Å². The number of aromatic nitrogens is 2. The van der Waals surface area contributed by atoms with E-state index in [1.165, 1.54) is 0 Å². The molecule has 0 saturated heterocycles. The Hall–Kier alpha value is -1.51. The molecule has 0 amide bonds. The molecule has 2 N–H and O–H groups in total. The third kappa shape index (κ3) is 8.24. The van der Waals surface area contributed by atoms with Gasteiger partial charge in [-0.15, -0.1) is 0 Å². The summed E-state index contributed by atoms with van der Waals surface area (Å²) in [6.45, 7) is 7.70. The molecule has 0 saturated carbocycles. The standard InChI is InChI=1S/C20H33N5OS2/c1-5-19-23-16(2)13-25(19)11-6-9-21-20(27)22-10-12-28-15-18-8-7-17(26-18)14-24(3)4/h7-8,13H,5-6,9-12,14-15H2,1-4H3,(H2,21,22,27). The van der Waals surface area contributed by atoms with Crippen molar-refractivity contribution in [1.29, 1.82) is 0 Å². The zero-order valence-corrected chi connectivity index (χ0v) is 19.1. The van der Waals surface area contributed by atoms with Gasteiger partial charge in [0.25, 0.3) is 0 Å². The molecular formula is C20H33N5OS2. The van der Waals surface area contributed by atoms with Crippen molar-refractivity contribution in [3.63, 3.8) is 0 Å². The van der Waals surface area contributed by atoms with Crippen LogP contribution in [0.25, 0.3) is 0 Å². The number of nitrogens with one attached hydrogen (secondary N) is 2. The Balaban J connectivity index is 1.51. The number of thiocarbonyl (C=S) groups is 1. The lowest BCUT2D eigenvalue weighted by Gasteiger charge is -2.11. The van der Waals surface area contributed by atoms with E-state index < -0.39 is 0 Å². The summed E-state index contributed by atoms with van der Waals surface area (Å²) in [4.78, 5) is 6.63. The Morgan fingerprint density at radius 2 is 2.00 bits per heavy atom. The average Bonchev–Trinajstić information content (AvgIpc) is 3.23. The summed E-state index contributed by atoms with van der Waals surface area (Å²) in [7, 11) is 4.08. The molecule has 8 heteroatoms. The second kappa shape index (κ2) is 12.1. The number of hydrogen-bond acceptors (Lipinski definition) is 5. The minimum Gasteiger partial charge on any atom is -0.464 e. The molecular weight excluding hydrogens is 390 g/mol. The SMILES string of the molecule is CCc1nc(C)cn1CCCNC(=S)NCCSCc1ccc(CN(C)C)o1. The van der Waals surface area contributed by atoms with Gasteiger partial charge in [0.2, 0.25) is 0 Å². The second-order valence-corrected chi connectivity index (χ2v) is 8.55. The van der Waals surface area contributed by atoms with Crippen molar-refractivity contribution >= 4 is 29.1 Å². The highest BCUT2D eigenvalue weighted by atomic mass is 32.2. The van der Waals surface area contributed by atoms with Crippen LogP contribution in [0.1, 0.15) is 36.4 Å². The highest BCUT2D eigenvalue weighted by Crippen LogP contribution is 2.15. The Morgan fingerprint density at radius 1 is 1.25 bits per heavy atom. The van der Waals surface area contributed by atoms with E-state index in [4.69, 9.17) is 16.6 Å². The van der Waals surface area contributed by atoms with Crippen LogP contribution in [0.3, 0.4) is 0 Å². The Kier molecular flexibility index (Phi) is 9.87. The van der Waals surface area contributed by atoms with Crippen molar-refractivity contribution in [2.75, 3.05) is 32.9 Å². The number of imidazole rings is 1. The fourth-order valence-electron chi connectivity index (χ4n) is 2.89. The van der Waals surface area contributed by atoms with E-state index in [1.807, 2.05) is 32.8 Å². The molecule has 0 atom stereocenters. The zero-order valence-electron chi connectivity index (χ0n) is 17.5. The van der Waals surface area contributed by atoms with E-state index in [1.54, 1.807) is 0 Å². The van der Waals surface area contributed by atoms with Gasteiger partial charge >= 0.3 is 0 Å². The maximum Gasteiger partial charge on any atom is 0.166 e. The van der Waals surface area contributed by atoms with Crippen molar-refractivity contribution in [3.05, 3.63) is 41.4 Å². The topological polar surface area (TPSA) is 58.3 Å². The molecule has 2 aromatic heterocycles. The smallest absolute Gasteiger partial charge is 0.166 e. The van der Waals surface area contributed by atoms with Gasteiger partial charge in [0.05, 0.1) is 18.0 Å². The van der Waals surface area contributed by atoms with Crippen molar-refractivity contribution in [3.8, 4) is 0 Å². The zero-order chi connectivity index (χ0) is 20.4. The first kappa shape index (κ1) is 22.8. The van der Waals surface area contributed by atoms with E-state index in [-0.39, 0.29) is 0 Å². The third-order valence-corrected chi connectivity index (χ3v) is 5.39. The largest absolute Gasteiger partial charge is 0.464 e. The normalized spacial score (nSPS) is 11.2. The quantitative estimate of drug-likeness (QED) is 0.402. The van der Waals surface area contributed by atoms with Gasteiger partial charge in [0.15, 0.2) is 5.11 Å². The summed E-state index contributed by atoms with van der Waals surface area (Å²) in [5.41, 5.74) is 1.09. The van der Waals surface area contributed by atoms with Crippen LogP contribution in [0, 0.1) is 6.92 Å². The minimum atomic E-state index is 0.726. The number of aryl methyl sites for hydroxylation is 3. The monoisotopic (exact) mass is 423 g/mol. The molecule has 0 spiro atoms. The summed E-state index contributed by atoms with van der Waals surface area (Å²) in [5.74, 6) is 5.07. The molecule has 0 aliphatic heterocycles. The van der Waals surface area contributed by atoms with Crippen LogP contribution in [0.2, 0.25) is 0 Å². The van der Waals surface area contributed by atoms with Gasteiger partial charge in [-0.05, 0) is 51.8 Å². The predicted molar refractivity (Wildman–Crippen MR) is 122 cm³/mol. The lowest BCUT2D eigenvalue weighted by molar-refractivity contribution is 0.344. The number of thioether (sulfide) groups is 1. The molecule has 2 rings (SSSR count). The van der Waals surface area contributed by atoms with Gasteiger partial charge in [-0.2, -0.15) is 11.8 Å². The number of hydrogen-bond donors (Lipinski definition) is 2. The molecule has 0 fully saturated rings. The molecule has 0 aliphatic rings. The highest BCUT2D eigenvalue weighted by molar-refractivity contribution is 7.98. The highest BCUT2D eigenvalue weighted by Gasteiger charge is 2.04. The van der Waals surface area contributed by atoms with E-state index >= 15 is 0 Å². The first-order valence-corrected chi connectivity index (χ1v) is 11.4. The summed E-state index contributed by atoms with van der Waals surface area (Å²) in [5, 5.41) is 7.28. The lowest BCUT2D eigenvalue weighted by Crippen LogP contribution is -2.37. The van der Waals surface area contributed by atoms with E-state index in [0.717, 1.165) is 78.7 Å². The molecule has 0 radical (unpaired) electrons. The Labute approximate surface area is 178 Å². The van der Waals surface area contributed by atoms with Crippen LogP contribution in [0.5, 0.6) is 0 Å². The van der Waals surface area contributed by atoms with E-state index in [0.29, 0.717) is 0 Å². The first-order valence-electron chi connectivity index (χ1n) is 9.82. The van der Waals surface area contributed by atoms with Crippen molar-refractivity contribution in [2.45, 2.75) is 45.5 Å². The van der Waals surface area contributed by atoms with Gasteiger partial charge in [0.1, 0.15) is 17.3 Å². The molecule has 0 aliphatic carbocycles. The molecule has 2 aromatic rings. The van der Waals surface area contributed by atoms with Crippen molar-refractivity contribution < 1.29 is 4.42 Å². The van der Waals surface area contributed by atoms with Crippen molar-refractivity contribution in [2.24, 2.45) is 0 Å². The van der Waals surface area contributed by atoms with Gasteiger partial charge in [0, 0.05) is 38.0 Å². The van der Waals surface area contributed by atoms with Crippen LogP contribution in [-0.4, -0.2) is 52.5 Å². The van der Waals surface area contributed by atoms with E-state index in [2.05, 4.69) is 50.3 Å². The fraction of sp³-hybridized carbons (Fsp3) is 0.600. The van der Waals surface area contributed by atoms with Gasteiger partial charge in [-0.1, -0.05) is 6.92 Å². The first-order chi connectivity index (χ1) is 13.5. The fourth-order valence-corrected chi connectivity index (χ4v) is 3.84. The molecule has 0 unspecified atom stereocenters. The van der Waals surface area contributed by atoms with Crippen LogP contribution in [-0.2, 0) is 25.3 Å². The number of furan rings is 1. The van der Waals surface area contributed by atoms with E-state index in [9.17, 15) is 0 Å². The summed E-state index contributed by atoms with van der Waals surface area (Å²) in [6.07, 6.45) is 4.11. The van der Waals surface area contributed by atoms with Crippen LogP contribution in [0.4, 0.5) is 0 Å². The molecule has 156 valence electrons. The number of nitrogens with zero attached hydrogens (tertiary/aromatic N) is 3. The molecule has 0 aromatic carbocycles. The van der Waals surface area contributed by atoms with Gasteiger partial charge in [-0.3, -0.25) is 0 Å². The average molecular weight is 424 g/mol. The maximum absolute atomic E-state index is 5.81. The van der Waals surface area contributed by atoms with Crippen LogP contribution < -0.4 is 10.6 Å². The number of rotatable bonds is 12. The second-order valence-electron chi connectivity index (χ2n) is 7.04. The van der Waals surface area contributed by atoms with Gasteiger partial charge in [-0.25, -0.2) is 4.98 Å². The maximum atomic E-state index is 5.81. The molecule has 6 nitrogen and oxygen atoms in total. The minimum absolute atomic E-state index is 0.726. The molecule has 0 bridgehead atoms. The summed E-state index contributed by atoms with van der Waals surface area (Å²) >= 11 is 7.19. The molecule has 2 heterocycles. The summed E-state index contributed by atoms with van der Waals surface area (Å²) < 4.78 is 8.05.